The van der Waals surface area contributed by atoms with Gasteiger partial charge in [0.05, 0.1) is 39.0 Å². The Kier molecular flexibility index (Phi) is 11.2. The summed E-state index contributed by atoms with van der Waals surface area (Å²) in [5, 5.41) is 14.7. The Hall–Kier alpha value is -4.02. The molecule has 3 aliphatic carbocycles. The molecule has 2 aromatic carbocycles. The van der Waals surface area contributed by atoms with E-state index in [0.717, 1.165) is 68.0 Å². The van der Waals surface area contributed by atoms with Crippen molar-refractivity contribution in [1.82, 2.24) is 9.88 Å². The molecule has 2 aliphatic heterocycles. The van der Waals surface area contributed by atoms with E-state index >= 15 is 0 Å². The van der Waals surface area contributed by atoms with E-state index in [1.807, 2.05) is 31.4 Å². The molecule has 2 fully saturated rings. The SMILES string of the molecule is C[C@@H](COc1ccnc2c1[C@H](C)CCC2)CC1Cc2cc3c(cc2C12CCC(Nc1cccc(Cl)c1)(C(=O)O)CC2)OCC(COCC1CC(=O)N(C)C1)CO3. The minimum absolute atomic E-state index is 0.0621. The fourth-order valence-corrected chi connectivity index (χ4v) is 10.6. The fourth-order valence-electron chi connectivity index (χ4n) is 10.4. The van der Waals surface area contributed by atoms with Gasteiger partial charge in [-0.3, -0.25) is 9.78 Å². The first kappa shape index (κ1) is 38.8. The molecule has 1 amide bonds. The highest BCUT2D eigenvalue weighted by atomic mass is 35.5. The van der Waals surface area contributed by atoms with Crippen LogP contribution in [0.25, 0.3) is 0 Å². The monoisotopic (exact) mass is 785 g/mol. The number of carbonyl (C=O) groups excluding carboxylic acids is 1. The van der Waals surface area contributed by atoms with Crippen molar-refractivity contribution >= 4 is 29.2 Å². The number of rotatable bonds is 12. The molecule has 10 nitrogen and oxygen atoms in total. The van der Waals surface area contributed by atoms with E-state index in [0.29, 0.717) is 69.2 Å². The van der Waals surface area contributed by atoms with Crippen molar-refractivity contribution in [1.29, 1.82) is 0 Å². The predicted octanol–water partition coefficient (Wildman–Crippen LogP) is 8.08. The Morgan fingerprint density at radius 1 is 1.07 bits per heavy atom. The van der Waals surface area contributed by atoms with Gasteiger partial charge in [-0.05, 0) is 128 Å². The number of ether oxygens (including phenoxy) is 4. The van der Waals surface area contributed by atoms with Gasteiger partial charge in [-0.25, -0.2) is 4.79 Å². The zero-order chi connectivity index (χ0) is 39.0. The number of carbonyl (C=O) groups is 2. The van der Waals surface area contributed by atoms with Gasteiger partial charge < -0.3 is 34.3 Å². The Balaban J connectivity index is 1.00. The number of benzene rings is 2. The van der Waals surface area contributed by atoms with E-state index in [1.54, 1.807) is 17.0 Å². The number of aromatic nitrogens is 1. The molecular weight excluding hydrogens is 730 g/mol. The molecule has 0 radical (unpaired) electrons. The Bertz CT molecular complexity index is 1930. The van der Waals surface area contributed by atoms with E-state index in [9.17, 15) is 14.7 Å². The number of fused-ring (bicyclic) bond motifs is 4. The number of nitrogens with one attached hydrogen (secondary N) is 1. The highest BCUT2D eigenvalue weighted by Gasteiger charge is 2.54. The second kappa shape index (κ2) is 16.1. The summed E-state index contributed by atoms with van der Waals surface area (Å²) in [5.74, 6) is 3.11. The maximum Gasteiger partial charge on any atom is 0.329 e. The Labute approximate surface area is 335 Å². The smallest absolute Gasteiger partial charge is 0.329 e. The van der Waals surface area contributed by atoms with Crippen LogP contribution in [0.5, 0.6) is 17.2 Å². The van der Waals surface area contributed by atoms with Crippen LogP contribution in [-0.2, 0) is 32.6 Å². The van der Waals surface area contributed by atoms with Gasteiger partial charge in [0.15, 0.2) is 11.5 Å². The largest absolute Gasteiger partial charge is 0.493 e. The van der Waals surface area contributed by atoms with Crippen LogP contribution in [0.15, 0.2) is 48.7 Å². The fraction of sp³-hybridized carbons (Fsp3) is 0.578. The highest BCUT2D eigenvalue weighted by molar-refractivity contribution is 6.30. The number of carboxylic acids is 1. The molecular formula is C45H56ClN3O7. The van der Waals surface area contributed by atoms with Gasteiger partial charge in [0, 0.05) is 54.1 Å². The zero-order valence-corrected chi connectivity index (χ0v) is 33.7. The zero-order valence-electron chi connectivity index (χ0n) is 33.0. The van der Waals surface area contributed by atoms with Crippen LogP contribution in [0.2, 0.25) is 5.02 Å². The number of carboxylic acid groups (broad SMARTS) is 1. The quantitative estimate of drug-likeness (QED) is 0.188. The van der Waals surface area contributed by atoms with Gasteiger partial charge in [0.1, 0.15) is 11.3 Å². The van der Waals surface area contributed by atoms with Crippen LogP contribution in [-0.4, -0.2) is 79.0 Å². The summed E-state index contributed by atoms with van der Waals surface area (Å²) < 4.78 is 25.6. The molecule has 1 aromatic heterocycles. The third-order valence-corrected chi connectivity index (χ3v) is 13.7. The molecule has 56 heavy (non-hydrogen) atoms. The number of likely N-dealkylation sites (tertiary alicyclic amines) is 1. The summed E-state index contributed by atoms with van der Waals surface area (Å²) >= 11 is 6.31. The summed E-state index contributed by atoms with van der Waals surface area (Å²) in [6.07, 6.45) is 10.0. The van der Waals surface area contributed by atoms with Crippen LogP contribution in [0.3, 0.4) is 0 Å². The van der Waals surface area contributed by atoms with Crippen molar-refractivity contribution in [2.45, 2.75) is 94.9 Å². The minimum atomic E-state index is -1.10. The normalized spacial score (nSPS) is 28.7. The molecule has 11 heteroatoms. The average molecular weight is 786 g/mol. The van der Waals surface area contributed by atoms with E-state index in [1.165, 1.54) is 28.8 Å². The molecule has 3 unspecified atom stereocenters. The van der Waals surface area contributed by atoms with Crippen molar-refractivity contribution in [3.8, 4) is 17.2 Å². The molecule has 3 heterocycles. The second-order valence-electron chi connectivity index (χ2n) is 17.5. The number of anilines is 1. The number of hydrogen-bond donors (Lipinski definition) is 2. The summed E-state index contributed by atoms with van der Waals surface area (Å²) in [6, 6.07) is 13.7. The van der Waals surface area contributed by atoms with E-state index in [4.69, 9.17) is 30.5 Å². The van der Waals surface area contributed by atoms with Gasteiger partial charge in [-0.2, -0.15) is 0 Å². The van der Waals surface area contributed by atoms with Crippen LogP contribution in [0, 0.1) is 23.7 Å². The lowest BCUT2D eigenvalue weighted by atomic mass is 9.59. The molecule has 5 aliphatic rings. The number of halogens is 1. The lowest BCUT2D eigenvalue weighted by molar-refractivity contribution is -0.144. The van der Waals surface area contributed by atoms with Crippen LogP contribution < -0.4 is 19.5 Å². The summed E-state index contributed by atoms with van der Waals surface area (Å²) in [4.78, 5) is 31.5. The van der Waals surface area contributed by atoms with Gasteiger partial charge in [0.2, 0.25) is 5.91 Å². The van der Waals surface area contributed by atoms with Gasteiger partial charge in [0.25, 0.3) is 0 Å². The number of aryl methyl sites for hydroxylation is 1. The third-order valence-electron chi connectivity index (χ3n) is 13.4. The first-order chi connectivity index (χ1) is 27.0. The van der Waals surface area contributed by atoms with Gasteiger partial charge >= 0.3 is 5.97 Å². The van der Waals surface area contributed by atoms with Gasteiger partial charge in [-0.1, -0.05) is 31.5 Å². The van der Waals surface area contributed by atoms with Crippen molar-refractivity contribution < 1.29 is 33.6 Å². The summed E-state index contributed by atoms with van der Waals surface area (Å²) in [6.45, 7) is 7.93. The predicted molar refractivity (Wildman–Crippen MR) is 215 cm³/mol. The molecule has 0 bridgehead atoms. The van der Waals surface area contributed by atoms with Crippen molar-refractivity contribution in [3.63, 3.8) is 0 Å². The molecule has 8 rings (SSSR count). The molecule has 2 N–H and O–H groups in total. The molecule has 3 aromatic rings. The number of hydrogen-bond acceptors (Lipinski definition) is 8. The number of amides is 1. The first-order valence-electron chi connectivity index (χ1n) is 20.6. The topological polar surface area (TPSA) is 119 Å². The van der Waals surface area contributed by atoms with Crippen molar-refractivity contribution in [2.75, 3.05) is 51.9 Å². The highest BCUT2D eigenvalue weighted by Crippen LogP contribution is 2.58. The standard InChI is InChI=1S/C45H56ClN3O7/c1-28(23-54-38-10-15-47-37-9-4-6-29(2)42(37)38)16-33-18-32-19-39-40(56-27-31(26-55-39)25-53-24-30-17-41(50)49(3)22-30)21-36(32)44(33)11-13-45(14-12-44,43(51)52)48-35-8-5-7-34(46)20-35/h5,7-8,10,15,19-21,28-31,33,48H,4,6,9,11-14,16-18,22-27H2,1-3H3,(H,51,52)/t28-,29-,30?,31?,33?,44?,45?/m1/s1. The number of pyridine rings is 1. The van der Waals surface area contributed by atoms with Crippen LogP contribution >= 0.6 is 11.6 Å². The number of aliphatic carboxylic acids is 1. The van der Waals surface area contributed by atoms with Crippen molar-refractivity contribution in [2.24, 2.45) is 23.7 Å². The van der Waals surface area contributed by atoms with E-state index in [-0.39, 0.29) is 29.1 Å². The maximum atomic E-state index is 13.1. The van der Waals surface area contributed by atoms with Gasteiger partial charge in [-0.15, -0.1) is 0 Å². The van der Waals surface area contributed by atoms with Crippen molar-refractivity contribution in [3.05, 3.63) is 76.1 Å². The molecule has 1 saturated carbocycles. The second-order valence-corrected chi connectivity index (χ2v) is 18.0. The summed E-state index contributed by atoms with van der Waals surface area (Å²) in [5.41, 5.74) is 4.37. The Morgan fingerprint density at radius 3 is 2.57 bits per heavy atom. The third kappa shape index (κ3) is 7.80. The molecule has 1 spiro atoms. The van der Waals surface area contributed by atoms with E-state index < -0.39 is 11.5 Å². The lowest BCUT2D eigenvalue weighted by Crippen LogP contribution is -2.53. The van der Waals surface area contributed by atoms with Crippen LogP contribution in [0.4, 0.5) is 5.69 Å². The first-order valence-corrected chi connectivity index (χ1v) is 21.0. The molecule has 1 saturated heterocycles. The Morgan fingerprint density at radius 2 is 1.84 bits per heavy atom. The molecule has 300 valence electrons. The maximum absolute atomic E-state index is 13.1. The van der Waals surface area contributed by atoms with E-state index in [2.05, 4.69) is 36.3 Å². The number of nitrogens with zero attached hydrogens (tertiary/aromatic N) is 2. The molecule has 5 atom stereocenters. The average Bonchev–Trinajstić information content (AvgIpc) is 3.55. The summed E-state index contributed by atoms with van der Waals surface area (Å²) in [7, 11) is 1.84. The lowest BCUT2D eigenvalue weighted by Gasteiger charge is -2.47. The van der Waals surface area contributed by atoms with Crippen LogP contribution in [0.1, 0.15) is 93.5 Å². The minimum Gasteiger partial charge on any atom is -0.493 e.